The molecular weight excluding hydrogens is 373 g/mol. The zero-order valence-corrected chi connectivity index (χ0v) is 15.5. The van der Waals surface area contributed by atoms with Gasteiger partial charge in [0.05, 0.1) is 22.9 Å². The highest BCUT2D eigenvalue weighted by Crippen LogP contribution is 2.38. The number of hydrogen-bond donors (Lipinski definition) is 0. The van der Waals surface area contributed by atoms with Crippen molar-refractivity contribution in [3.05, 3.63) is 63.9 Å². The highest BCUT2D eigenvalue weighted by atomic mass is 35.5. The molecule has 0 aliphatic carbocycles. The van der Waals surface area contributed by atoms with Crippen molar-refractivity contribution in [1.82, 2.24) is 0 Å². The molecule has 3 rings (SSSR count). The molecule has 27 heavy (non-hydrogen) atoms. The van der Waals surface area contributed by atoms with Crippen LogP contribution < -0.4 is 9.47 Å². The van der Waals surface area contributed by atoms with Gasteiger partial charge in [0, 0.05) is 0 Å². The maximum absolute atomic E-state index is 13.3. The first kappa shape index (κ1) is 18.9. The van der Waals surface area contributed by atoms with Crippen molar-refractivity contribution >= 4 is 29.4 Å². The molecule has 140 valence electrons. The zero-order valence-electron chi connectivity index (χ0n) is 14.8. The molecule has 0 saturated heterocycles. The Bertz CT molecular complexity index is 940. The second kappa shape index (κ2) is 8.22. The molecule has 1 aliphatic rings. The average molecular weight is 390 g/mol. The standard InChI is InChI=1S/C20H17ClFNO4/c1-3-25-18-10-14(8-16-12(2)23-27-20(16)24)9-17(21)19(18)26-11-13-5-4-6-15(22)7-13/h4-10H,3,11H2,1-2H3. The van der Waals surface area contributed by atoms with Crippen molar-refractivity contribution in [1.29, 1.82) is 0 Å². The Morgan fingerprint density at radius 1 is 1.26 bits per heavy atom. The van der Waals surface area contributed by atoms with Crippen LogP contribution in [0, 0.1) is 5.82 Å². The van der Waals surface area contributed by atoms with Crippen LogP contribution in [-0.2, 0) is 16.2 Å². The van der Waals surface area contributed by atoms with Crippen LogP contribution in [0.5, 0.6) is 11.5 Å². The summed E-state index contributed by atoms with van der Waals surface area (Å²) in [4.78, 5) is 16.4. The fourth-order valence-electron chi connectivity index (χ4n) is 2.54. The van der Waals surface area contributed by atoms with Crippen molar-refractivity contribution in [2.24, 2.45) is 5.16 Å². The summed E-state index contributed by atoms with van der Waals surface area (Å²) >= 11 is 6.37. The van der Waals surface area contributed by atoms with Crippen LogP contribution in [0.2, 0.25) is 5.02 Å². The van der Waals surface area contributed by atoms with Gasteiger partial charge in [-0.05, 0) is 55.3 Å². The van der Waals surface area contributed by atoms with Gasteiger partial charge in [-0.3, -0.25) is 0 Å². The van der Waals surface area contributed by atoms with Gasteiger partial charge in [-0.15, -0.1) is 0 Å². The number of ether oxygens (including phenoxy) is 2. The summed E-state index contributed by atoms with van der Waals surface area (Å²) in [5.41, 5.74) is 2.15. The number of rotatable bonds is 6. The Labute approximate surface area is 161 Å². The van der Waals surface area contributed by atoms with E-state index >= 15 is 0 Å². The Morgan fingerprint density at radius 2 is 2.07 bits per heavy atom. The van der Waals surface area contributed by atoms with Gasteiger partial charge in [0.15, 0.2) is 11.5 Å². The van der Waals surface area contributed by atoms with Gasteiger partial charge < -0.3 is 14.3 Å². The van der Waals surface area contributed by atoms with Crippen LogP contribution >= 0.6 is 11.6 Å². The third kappa shape index (κ3) is 4.46. The zero-order chi connectivity index (χ0) is 19.4. The highest BCUT2D eigenvalue weighted by Gasteiger charge is 2.22. The van der Waals surface area contributed by atoms with Crippen molar-refractivity contribution in [3.8, 4) is 11.5 Å². The van der Waals surface area contributed by atoms with E-state index in [1.165, 1.54) is 12.1 Å². The molecule has 5 nitrogen and oxygen atoms in total. The number of nitrogens with zero attached hydrogens (tertiary/aromatic N) is 1. The number of carbonyl (C=O) groups is 1. The predicted molar refractivity (Wildman–Crippen MR) is 101 cm³/mol. The third-order valence-corrected chi connectivity index (χ3v) is 4.07. The van der Waals surface area contributed by atoms with Crippen molar-refractivity contribution in [2.45, 2.75) is 20.5 Å². The lowest BCUT2D eigenvalue weighted by molar-refractivity contribution is -0.136. The lowest BCUT2D eigenvalue weighted by atomic mass is 10.1. The molecule has 1 aliphatic heterocycles. The Kier molecular flexibility index (Phi) is 5.76. The summed E-state index contributed by atoms with van der Waals surface area (Å²) in [7, 11) is 0. The van der Waals surface area contributed by atoms with Crippen LogP contribution in [-0.4, -0.2) is 18.3 Å². The van der Waals surface area contributed by atoms with Crippen molar-refractivity contribution in [3.63, 3.8) is 0 Å². The molecule has 2 aromatic carbocycles. The molecule has 2 aromatic rings. The molecular formula is C20H17ClFNO4. The fraction of sp³-hybridized carbons (Fsp3) is 0.200. The van der Waals surface area contributed by atoms with E-state index in [-0.39, 0.29) is 12.4 Å². The summed E-state index contributed by atoms with van der Waals surface area (Å²) < 4.78 is 24.7. The minimum Gasteiger partial charge on any atom is -0.490 e. The minimum absolute atomic E-state index is 0.135. The maximum atomic E-state index is 13.3. The highest BCUT2D eigenvalue weighted by molar-refractivity contribution is 6.32. The first-order valence-electron chi connectivity index (χ1n) is 8.29. The summed E-state index contributed by atoms with van der Waals surface area (Å²) in [6.45, 7) is 4.05. The minimum atomic E-state index is -0.520. The molecule has 0 bridgehead atoms. The first-order valence-corrected chi connectivity index (χ1v) is 8.67. The van der Waals surface area contributed by atoms with Gasteiger partial charge in [-0.1, -0.05) is 28.9 Å². The van der Waals surface area contributed by atoms with E-state index in [4.69, 9.17) is 21.1 Å². The first-order chi connectivity index (χ1) is 13.0. The Hall–Kier alpha value is -2.86. The van der Waals surface area contributed by atoms with Gasteiger partial charge in [0.2, 0.25) is 0 Å². The summed E-state index contributed by atoms with van der Waals surface area (Å²) in [6.07, 6.45) is 1.62. The molecule has 0 saturated carbocycles. The topological polar surface area (TPSA) is 57.1 Å². The Balaban J connectivity index is 1.89. The Morgan fingerprint density at radius 3 is 2.74 bits per heavy atom. The lowest BCUT2D eigenvalue weighted by Crippen LogP contribution is -2.03. The second-order valence-corrected chi connectivity index (χ2v) is 6.20. The molecule has 7 heteroatoms. The summed E-state index contributed by atoms with van der Waals surface area (Å²) in [5.74, 6) is -0.0822. The fourth-order valence-corrected chi connectivity index (χ4v) is 2.82. The second-order valence-electron chi connectivity index (χ2n) is 5.80. The van der Waals surface area contributed by atoms with Crippen LogP contribution in [0.4, 0.5) is 4.39 Å². The van der Waals surface area contributed by atoms with Gasteiger partial charge in [0.1, 0.15) is 12.4 Å². The quantitative estimate of drug-likeness (QED) is 0.527. The number of carbonyl (C=O) groups excluding carboxylic acids is 1. The van der Waals surface area contributed by atoms with E-state index in [0.29, 0.717) is 45.5 Å². The van der Waals surface area contributed by atoms with E-state index in [0.717, 1.165) is 0 Å². The number of oxime groups is 1. The normalized spacial score (nSPS) is 14.9. The molecule has 0 radical (unpaired) electrons. The van der Waals surface area contributed by atoms with E-state index in [1.807, 2.05) is 6.92 Å². The van der Waals surface area contributed by atoms with Crippen LogP contribution in [0.25, 0.3) is 6.08 Å². The van der Waals surface area contributed by atoms with E-state index in [2.05, 4.69) is 9.99 Å². The molecule has 0 N–H and O–H groups in total. The molecule has 0 spiro atoms. The molecule has 0 amide bonds. The van der Waals surface area contributed by atoms with Gasteiger partial charge >= 0.3 is 5.97 Å². The molecule has 0 unspecified atom stereocenters. The summed E-state index contributed by atoms with van der Waals surface area (Å²) in [5, 5.41) is 3.95. The molecule has 0 fully saturated rings. The van der Waals surface area contributed by atoms with Crippen LogP contribution in [0.15, 0.2) is 47.1 Å². The summed E-state index contributed by atoms with van der Waals surface area (Å²) in [6, 6.07) is 9.48. The predicted octanol–water partition coefficient (Wildman–Crippen LogP) is 4.77. The number of benzene rings is 2. The van der Waals surface area contributed by atoms with Crippen LogP contribution in [0.1, 0.15) is 25.0 Å². The van der Waals surface area contributed by atoms with Gasteiger partial charge in [-0.25, -0.2) is 9.18 Å². The van der Waals surface area contributed by atoms with Gasteiger partial charge in [-0.2, -0.15) is 0 Å². The number of hydrogen-bond acceptors (Lipinski definition) is 5. The van der Waals surface area contributed by atoms with E-state index in [1.54, 1.807) is 37.3 Å². The average Bonchev–Trinajstić information content (AvgIpc) is 2.93. The maximum Gasteiger partial charge on any atom is 0.367 e. The van der Waals surface area contributed by atoms with Crippen molar-refractivity contribution < 1.29 is 23.5 Å². The smallest absolute Gasteiger partial charge is 0.367 e. The molecule has 0 aromatic heterocycles. The molecule has 0 atom stereocenters. The largest absolute Gasteiger partial charge is 0.490 e. The monoisotopic (exact) mass is 389 g/mol. The SMILES string of the molecule is CCOc1cc(C=C2C(=O)ON=C2C)cc(Cl)c1OCc1cccc(F)c1. The third-order valence-electron chi connectivity index (χ3n) is 3.79. The number of halogens is 2. The van der Waals surface area contributed by atoms with Gasteiger partial charge in [0.25, 0.3) is 0 Å². The van der Waals surface area contributed by atoms with E-state index in [9.17, 15) is 9.18 Å². The van der Waals surface area contributed by atoms with Crippen molar-refractivity contribution in [2.75, 3.05) is 6.61 Å². The molecule has 1 heterocycles. The lowest BCUT2D eigenvalue weighted by Gasteiger charge is -2.15. The van der Waals surface area contributed by atoms with E-state index < -0.39 is 5.97 Å². The van der Waals surface area contributed by atoms with Crippen LogP contribution in [0.3, 0.4) is 0 Å².